The number of carbonyl (C=O) groups excluding carboxylic acids is 2. The van der Waals surface area contributed by atoms with Crippen molar-refractivity contribution in [2.24, 2.45) is 28.6 Å². The third kappa shape index (κ3) is 3.70. The predicted octanol–water partition coefficient (Wildman–Crippen LogP) is -0.188. The van der Waals surface area contributed by atoms with Crippen LogP contribution in [-0.4, -0.2) is 103 Å². The van der Waals surface area contributed by atoms with Crippen molar-refractivity contribution in [1.29, 1.82) is 0 Å². The summed E-state index contributed by atoms with van der Waals surface area (Å²) in [5, 5.41) is 62.8. The van der Waals surface area contributed by atoms with Gasteiger partial charge in [-0.15, -0.1) is 0 Å². The lowest BCUT2D eigenvalue weighted by atomic mass is 9.44. The fraction of sp³-hybridized carbons (Fsp3) is 0.750. The van der Waals surface area contributed by atoms with Crippen LogP contribution in [0.2, 0.25) is 0 Å². The molecule has 6 N–H and O–H groups in total. The first kappa shape index (κ1) is 29.4. The van der Waals surface area contributed by atoms with Crippen LogP contribution in [0.4, 0.5) is 4.39 Å². The number of ether oxygens (including phenoxy) is 2. The Hall–Kier alpha value is -2.06. The first-order valence-corrected chi connectivity index (χ1v) is 13.6. The van der Waals surface area contributed by atoms with Gasteiger partial charge in [0.05, 0.1) is 6.10 Å². The Balaban J connectivity index is 1.40. The van der Waals surface area contributed by atoms with Crippen LogP contribution in [0.3, 0.4) is 0 Å². The smallest absolute Gasteiger partial charge is 0.335 e. The Kier molecular flexibility index (Phi) is 6.98. The highest BCUT2D eigenvalue weighted by Crippen LogP contribution is 2.70. The molecule has 0 aromatic rings. The van der Waals surface area contributed by atoms with E-state index in [4.69, 9.17) is 9.47 Å². The van der Waals surface area contributed by atoms with E-state index in [1.807, 2.05) is 0 Å². The van der Waals surface area contributed by atoms with Gasteiger partial charge in [0.25, 0.3) is 0 Å². The van der Waals surface area contributed by atoms with Gasteiger partial charge in [0, 0.05) is 16.7 Å². The molecule has 1 saturated heterocycles. The Labute approximate surface area is 230 Å². The quantitative estimate of drug-likeness (QED) is 0.258. The topological polar surface area (TPSA) is 191 Å². The van der Waals surface area contributed by atoms with Crippen LogP contribution in [0.5, 0.6) is 0 Å². The van der Waals surface area contributed by atoms with Crippen LogP contribution < -0.4 is 0 Å². The third-order valence-corrected chi connectivity index (χ3v) is 10.8. The second-order valence-electron chi connectivity index (χ2n) is 12.6. The number of aliphatic hydroxyl groups is 5. The molecule has 11 nitrogen and oxygen atoms in total. The summed E-state index contributed by atoms with van der Waals surface area (Å²) < 4.78 is 27.7. The number of Topliss-reactive ketones (excluding diaryl/α,β-unsaturated/α-hetero) is 1. The zero-order valence-corrected chi connectivity index (χ0v) is 22.6. The number of rotatable bonds is 5. The summed E-state index contributed by atoms with van der Waals surface area (Å²) in [6.45, 7) is 4.16. The normalized spacial score (nSPS) is 51.9. The highest BCUT2D eigenvalue weighted by atomic mass is 19.1. The molecule has 40 heavy (non-hydrogen) atoms. The number of allylic oxidation sites excluding steroid dienone is 4. The van der Waals surface area contributed by atoms with Gasteiger partial charge in [0.1, 0.15) is 30.5 Å². The number of carboxylic acids is 1. The monoisotopic (exact) mass is 568 g/mol. The number of aliphatic carboxylic acids is 1. The Morgan fingerprint density at radius 3 is 2.45 bits per heavy atom. The van der Waals surface area contributed by atoms with E-state index in [1.54, 1.807) is 20.8 Å². The maximum atomic E-state index is 17.3. The van der Waals surface area contributed by atoms with Crippen molar-refractivity contribution in [2.75, 3.05) is 6.61 Å². The second-order valence-corrected chi connectivity index (χ2v) is 12.6. The van der Waals surface area contributed by atoms with E-state index in [0.717, 1.165) is 0 Å². The second kappa shape index (κ2) is 9.48. The molecule has 4 aliphatic carbocycles. The number of halogens is 1. The summed E-state index contributed by atoms with van der Waals surface area (Å²) in [7, 11) is 0. The number of carbonyl (C=O) groups is 3. The third-order valence-electron chi connectivity index (χ3n) is 10.8. The number of hydrogen-bond acceptors (Lipinski definition) is 10. The molecule has 5 rings (SSSR count). The van der Waals surface area contributed by atoms with Gasteiger partial charge in [-0.2, -0.15) is 0 Å². The molecule has 1 heterocycles. The van der Waals surface area contributed by atoms with Crippen LogP contribution in [-0.2, 0) is 23.9 Å². The molecule has 1 aliphatic heterocycles. The lowest BCUT2D eigenvalue weighted by molar-refractivity contribution is -0.293. The zero-order chi connectivity index (χ0) is 29.6. The fourth-order valence-electron chi connectivity index (χ4n) is 8.60. The minimum Gasteiger partial charge on any atom is -0.479 e. The van der Waals surface area contributed by atoms with Gasteiger partial charge in [-0.1, -0.05) is 25.5 Å². The van der Waals surface area contributed by atoms with Gasteiger partial charge >= 0.3 is 5.97 Å². The van der Waals surface area contributed by atoms with E-state index in [0.29, 0.717) is 18.4 Å². The van der Waals surface area contributed by atoms with Crippen molar-refractivity contribution in [1.82, 2.24) is 0 Å². The average Bonchev–Trinajstić information content (AvgIpc) is 3.09. The van der Waals surface area contributed by atoms with Crippen LogP contribution in [0, 0.1) is 28.6 Å². The highest BCUT2D eigenvalue weighted by molar-refractivity contribution is 6.01. The van der Waals surface area contributed by atoms with Crippen LogP contribution in [0.15, 0.2) is 23.8 Å². The maximum absolute atomic E-state index is 17.3. The van der Waals surface area contributed by atoms with Crippen molar-refractivity contribution in [3.05, 3.63) is 23.8 Å². The molecule has 0 amide bonds. The molecule has 0 spiro atoms. The molecule has 5 aliphatic rings. The molecule has 0 unspecified atom stereocenters. The zero-order valence-electron chi connectivity index (χ0n) is 22.6. The summed E-state index contributed by atoms with van der Waals surface area (Å²) in [5.74, 6) is -4.56. The molecule has 4 fully saturated rings. The van der Waals surface area contributed by atoms with Crippen molar-refractivity contribution < 1.29 is 58.9 Å². The van der Waals surface area contributed by atoms with E-state index >= 15 is 4.39 Å². The molecular weight excluding hydrogens is 531 g/mol. The van der Waals surface area contributed by atoms with Crippen molar-refractivity contribution in [3.8, 4) is 0 Å². The lowest BCUT2D eigenvalue weighted by Gasteiger charge is -2.62. The molecule has 222 valence electrons. The van der Waals surface area contributed by atoms with Gasteiger partial charge < -0.3 is 40.1 Å². The Bertz CT molecular complexity index is 1170. The SMILES string of the molecule is C[C@@H]1C[C@H]2[C@@H]3CCC4=CC(=O)C=C[C@]4(C)[C@@]3(F)[C@@H](O)C[C@]2(C)[C@@]1(O)C(=O)CO[C@@H]1O[C@H](C(=O)O)[C@@H](O)[C@H](O)[C@H]1O. The standard InChI is InChI=1S/C28H37FO11/c1-12-8-16-15-5-4-13-9-14(30)6-7-25(13,2)27(15,29)17(31)10-26(16,3)28(12,38)18(32)11-39-24-21(35)19(33)20(34)22(40-24)23(36)37/h6-7,9,12,15-17,19-22,24,31,33-35,38H,4-5,8,10-11H2,1-3H3,(H,36,37)/t12-,15+,16+,17+,19+,20+,21-,22+,24-,25+,26+,27+,28+/m1/s1. The van der Waals surface area contributed by atoms with Crippen molar-refractivity contribution in [2.45, 2.75) is 94.5 Å². The molecule has 3 saturated carbocycles. The van der Waals surface area contributed by atoms with Gasteiger partial charge in [0.2, 0.25) is 0 Å². The first-order chi connectivity index (χ1) is 18.5. The largest absolute Gasteiger partial charge is 0.479 e. The van der Waals surface area contributed by atoms with E-state index in [9.17, 15) is 45.0 Å². The van der Waals surface area contributed by atoms with E-state index in [-0.39, 0.29) is 18.6 Å². The number of aliphatic hydroxyl groups excluding tert-OH is 4. The minimum atomic E-state index is -2.13. The van der Waals surface area contributed by atoms with Crippen LogP contribution in [0.25, 0.3) is 0 Å². The summed E-state index contributed by atoms with van der Waals surface area (Å²) >= 11 is 0. The summed E-state index contributed by atoms with van der Waals surface area (Å²) in [6, 6.07) is 0. The first-order valence-electron chi connectivity index (χ1n) is 13.6. The van der Waals surface area contributed by atoms with Crippen molar-refractivity contribution >= 4 is 17.5 Å². The van der Waals surface area contributed by atoms with Gasteiger partial charge in [-0.25, -0.2) is 9.18 Å². The molecule has 0 aromatic carbocycles. The van der Waals surface area contributed by atoms with E-state index < -0.39 is 95.0 Å². The number of carboxylic acid groups (broad SMARTS) is 1. The van der Waals surface area contributed by atoms with Gasteiger partial charge in [-0.3, -0.25) is 9.59 Å². The highest BCUT2D eigenvalue weighted by Gasteiger charge is 2.75. The fourth-order valence-corrected chi connectivity index (χ4v) is 8.60. The Morgan fingerprint density at radius 1 is 1.12 bits per heavy atom. The van der Waals surface area contributed by atoms with E-state index in [1.165, 1.54) is 18.2 Å². The minimum absolute atomic E-state index is 0.233. The lowest BCUT2D eigenvalue weighted by Crippen LogP contribution is -2.69. The Morgan fingerprint density at radius 2 is 1.80 bits per heavy atom. The average molecular weight is 569 g/mol. The molecule has 0 aromatic heterocycles. The summed E-state index contributed by atoms with van der Waals surface area (Å²) in [6.07, 6.45) is -5.93. The predicted molar refractivity (Wildman–Crippen MR) is 133 cm³/mol. The molecule has 0 radical (unpaired) electrons. The van der Waals surface area contributed by atoms with Gasteiger partial charge in [0.15, 0.2) is 29.6 Å². The molecular formula is C28H37FO11. The number of fused-ring (bicyclic) bond motifs is 5. The summed E-state index contributed by atoms with van der Waals surface area (Å²) in [5.41, 5.74) is -6.07. The molecule has 13 atom stereocenters. The summed E-state index contributed by atoms with van der Waals surface area (Å²) in [4.78, 5) is 37.0. The molecule has 12 heteroatoms. The molecule has 0 bridgehead atoms. The maximum Gasteiger partial charge on any atom is 0.335 e. The van der Waals surface area contributed by atoms with Crippen LogP contribution >= 0.6 is 0 Å². The van der Waals surface area contributed by atoms with E-state index in [2.05, 4.69) is 0 Å². The number of alkyl halides is 1. The number of hydrogen-bond donors (Lipinski definition) is 6. The van der Waals surface area contributed by atoms with Crippen molar-refractivity contribution in [3.63, 3.8) is 0 Å². The number of ketones is 2. The van der Waals surface area contributed by atoms with Gasteiger partial charge in [-0.05, 0) is 56.6 Å². The van der Waals surface area contributed by atoms with Crippen LogP contribution in [0.1, 0.15) is 46.5 Å².